The number of hydrogen-bond acceptors (Lipinski definition) is 7. The predicted molar refractivity (Wildman–Crippen MR) is 151 cm³/mol. The highest BCUT2D eigenvalue weighted by molar-refractivity contribution is 5.98. The molecule has 4 aromatic carbocycles. The summed E-state index contributed by atoms with van der Waals surface area (Å²) < 4.78 is 31.6. The molecular weight excluding hydrogens is 541 g/mol. The Kier molecular flexibility index (Phi) is 7.37. The van der Waals surface area contributed by atoms with Gasteiger partial charge in [-0.15, -0.1) is 5.10 Å². The summed E-state index contributed by atoms with van der Waals surface area (Å²) in [4.78, 5) is 29.6. The molecule has 1 atom stereocenters. The Balaban J connectivity index is 1.38. The lowest BCUT2D eigenvalue weighted by molar-refractivity contribution is -0.140. The molecule has 1 N–H and O–H groups in total. The Morgan fingerprint density at radius 2 is 1.76 bits per heavy atom. The van der Waals surface area contributed by atoms with Crippen LogP contribution >= 0.6 is 0 Å². The zero-order valence-corrected chi connectivity index (χ0v) is 22.6. The number of rotatable bonds is 9. The summed E-state index contributed by atoms with van der Waals surface area (Å²) >= 11 is 0. The van der Waals surface area contributed by atoms with Gasteiger partial charge in [-0.05, 0) is 59.7 Å². The van der Waals surface area contributed by atoms with E-state index in [4.69, 9.17) is 14.2 Å². The van der Waals surface area contributed by atoms with E-state index < -0.39 is 23.7 Å². The first-order valence-corrected chi connectivity index (χ1v) is 13.1. The second-order valence-electron chi connectivity index (χ2n) is 9.62. The third-order valence-corrected chi connectivity index (χ3v) is 6.92. The van der Waals surface area contributed by atoms with Crippen LogP contribution in [0.1, 0.15) is 17.2 Å². The minimum atomic E-state index is -1.12. The molecule has 1 aromatic heterocycles. The second-order valence-corrected chi connectivity index (χ2v) is 9.62. The average molecular weight is 568 g/mol. The van der Waals surface area contributed by atoms with Crippen LogP contribution in [0.3, 0.4) is 0 Å². The number of fused-ring (bicyclic) bond motifs is 2. The number of para-hydroxylation sites is 1. The first kappa shape index (κ1) is 26.8. The van der Waals surface area contributed by atoms with Crippen LogP contribution in [0.25, 0.3) is 11.0 Å². The van der Waals surface area contributed by atoms with Gasteiger partial charge >= 0.3 is 0 Å². The van der Waals surface area contributed by atoms with Gasteiger partial charge in [0.05, 0.1) is 12.6 Å². The smallest absolute Gasteiger partial charge is 0.251 e. The number of nitrogens with one attached hydrogen (secondary N) is 1. The van der Waals surface area contributed by atoms with Crippen LogP contribution in [0.5, 0.6) is 17.2 Å². The maximum absolute atomic E-state index is 14.1. The maximum Gasteiger partial charge on any atom is 0.251 e. The van der Waals surface area contributed by atoms with Crippen LogP contribution in [-0.4, -0.2) is 45.6 Å². The molecule has 2 amide bonds. The fraction of sp³-hybridized carbons (Fsp3) is 0.161. The van der Waals surface area contributed by atoms with E-state index in [-0.39, 0.29) is 19.9 Å². The van der Waals surface area contributed by atoms with Gasteiger partial charge in [0.1, 0.15) is 29.7 Å². The summed E-state index contributed by atoms with van der Waals surface area (Å²) in [5, 5.41) is 11.2. The summed E-state index contributed by atoms with van der Waals surface area (Å²) in [6.45, 7) is -0.0101. The molecule has 0 saturated heterocycles. The van der Waals surface area contributed by atoms with Crippen LogP contribution in [-0.2, 0) is 22.7 Å². The van der Waals surface area contributed by atoms with Crippen molar-refractivity contribution < 1.29 is 28.2 Å². The number of nitrogens with zero attached hydrogens (tertiary/aromatic N) is 4. The molecule has 0 bridgehead atoms. The summed E-state index contributed by atoms with van der Waals surface area (Å²) in [5.74, 6) is 0.370. The van der Waals surface area contributed by atoms with Gasteiger partial charge in [-0.25, -0.2) is 9.07 Å². The Bertz CT molecular complexity index is 1740. The fourth-order valence-corrected chi connectivity index (χ4v) is 4.81. The lowest BCUT2D eigenvalue weighted by atomic mass is 10.0. The SMILES string of the molecule is COc1ccc(CN(C(=O)Cn2nnc3ccccc32)[C@H](C(=O)Nc2ccc3c(c2)OCO3)c2ccc(F)cc2)cc1. The molecular formula is C31H26FN5O5. The number of hydrogen-bond donors (Lipinski definition) is 1. The van der Waals surface area contributed by atoms with E-state index in [1.54, 1.807) is 43.5 Å². The highest BCUT2D eigenvalue weighted by atomic mass is 19.1. The van der Waals surface area contributed by atoms with Gasteiger partial charge in [-0.2, -0.15) is 0 Å². The quantitative estimate of drug-likeness (QED) is 0.275. The summed E-state index contributed by atoms with van der Waals surface area (Å²) in [7, 11) is 1.57. The van der Waals surface area contributed by atoms with Crippen molar-refractivity contribution in [2.75, 3.05) is 19.2 Å². The number of aromatic nitrogens is 3. The van der Waals surface area contributed by atoms with Gasteiger partial charge in [0, 0.05) is 18.3 Å². The predicted octanol–water partition coefficient (Wildman–Crippen LogP) is 4.72. The Morgan fingerprint density at radius 1 is 1.00 bits per heavy atom. The first-order chi connectivity index (χ1) is 20.5. The number of benzene rings is 4. The van der Waals surface area contributed by atoms with Crippen molar-refractivity contribution in [3.63, 3.8) is 0 Å². The molecule has 1 aliphatic rings. The number of halogens is 1. The Morgan fingerprint density at radius 3 is 2.55 bits per heavy atom. The van der Waals surface area contributed by atoms with Gasteiger partial charge in [0.15, 0.2) is 11.5 Å². The molecule has 212 valence electrons. The third kappa shape index (κ3) is 5.57. The van der Waals surface area contributed by atoms with Crippen LogP contribution in [0, 0.1) is 5.82 Å². The number of ether oxygens (including phenoxy) is 3. The van der Waals surface area contributed by atoms with Crippen molar-refractivity contribution in [1.82, 2.24) is 19.9 Å². The lowest BCUT2D eigenvalue weighted by Crippen LogP contribution is -2.42. The maximum atomic E-state index is 14.1. The minimum absolute atomic E-state index is 0.0755. The Hall–Kier alpha value is -5.45. The van der Waals surface area contributed by atoms with E-state index in [9.17, 15) is 14.0 Å². The normalized spacial score (nSPS) is 12.6. The zero-order chi connectivity index (χ0) is 29.1. The minimum Gasteiger partial charge on any atom is -0.497 e. The molecule has 0 radical (unpaired) electrons. The first-order valence-electron chi connectivity index (χ1n) is 13.1. The molecule has 10 nitrogen and oxygen atoms in total. The topological polar surface area (TPSA) is 108 Å². The average Bonchev–Trinajstić information content (AvgIpc) is 3.65. The van der Waals surface area contributed by atoms with Crippen molar-refractivity contribution in [2.45, 2.75) is 19.1 Å². The van der Waals surface area contributed by atoms with Crippen molar-refractivity contribution in [2.24, 2.45) is 0 Å². The van der Waals surface area contributed by atoms with Gasteiger partial charge in [-0.1, -0.05) is 41.6 Å². The van der Waals surface area contributed by atoms with E-state index >= 15 is 0 Å². The van der Waals surface area contributed by atoms with Crippen molar-refractivity contribution in [1.29, 1.82) is 0 Å². The summed E-state index contributed by atoms with van der Waals surface area (Å²) in [6, 6.07) is 23.9. The van der Waals surface area contributed by atoms with Crippen molar-refractivity contribution in [3.05, 3.63) is 108 Å². The standard InChI is InChI=1S/C31H26FN5O5/c1-40-24-13-6-20(7-14-24)17-36(29(38)18-37-26-5-3-2-4-25(26)34-35-37)30(21-8-10-22(32)11-9-21)31(39)33-23-12-15-27-28(16-23)42-19-41-27/h2-16,30H,17-19H2,1H3,(H,33,39)/t30-/m0/s1. The number of methoxy groups -OCH3 is 1. The molecule has 42 heavy (non-hydrogen) atoms. The van der Waals surface area contributed by atoms with Gasteiger partial charge in [0.2, 0.25) is 12.7 Å². The molecule has 6 rings (SSSR count). The molecule has 0 fully saturated rings. The lowest BCUT2D eigenvalue weighted by Gasteiger charge is -2.31. The van der Waals surface area contributed by atoms with Gasteiger partial charge < -0.3 is 24.4 Å². The van der Waals surface area contributed by atoms with Crippen LogP contribution in [0.2, 0.25) is 0 Å². The Labute approximate surface area is 240 Å². The summed E-state index contributed by atoms with van der Waals surface area (Å²) in [6.07, 6.45) is 0. The van der Waals surface area contributed by atoms with E-state index in [0.717, 1.165) is 5.56 Å². The molecule has 5 aromatic rings. The fourth-order valence-electron chi connectivity index (χ4n) is 4.81. The van der Waals surface area contributed by atoms with E-state index in [1.165, 1.54) is 33.8 Å². The van der Waals surface area contributed by atoms with Crippen molar-refractivity contribution >= 4 is 28.5 Å². The van der Waals surface area contributed by atoms with Gasteiger partial charge in [0.25, 0.3) is 5.91 Å². The molecule has 2 heterocycles. The van der Waals surface area contributed by atoms with Crippen LogP contribution < -0.4 is 19.5 Å². The molecule has 1 aliphatic heterocycles. The summed E-state index contributed by atoms with van der Waals surface area (Å²) in [5.41, 5.74) is 2.96. The monoisotopic (exact) mass is 567 g/mol. The van der Waals surface area contributed by atoms with Crippen LogP contribution in [0.15, 0.2) is 91.0 Å². The number of amides is 2. The molecule has 0 spiro atoms. The number of anilines is 1. The van der Waals surface area contributed by atoms with Crippen molar-refractivity contribution in [3.8, 4) is 17.2 Å². The third-order valence-electron chi connectivity index (χ3n) is 6.92. The number of carbonyl (C=O) groups excluding carboxylic acids is 2. The molecule has 0 aliphatic carbocycles. The van der Waals surface area contributed by atoms with E-state index in [1.807, 2.05) is 30.3 Å². The number of carbonyl (C=O) groups is 2. The highest BCUT2D eigenvalue weighted by Gasteiger charge is 2.33. The molecule has 11 heteroatoms. The second kappa shape index (κ2) is 11.6. The molecule has 0 unspecified atom stereocenters. The van der Waals surface area contributed by atoms with Crippen LogP contribution in [0.4, 0.5) is 10.1 Å². The van der Waals surface area contributed by atoms with Gasteiger partial charge in [-0.3, -0.25) is 9.59 Å². The van der Waals surface area contributed by atoms with E-state index in [2.05, 4.69) is 15.6 Å². The molecule has 0 saturated carbocycles. The highest BCUT2D eigenvalue weighted by Crippen LogP contribution is 2.35. The van der Waals surface area contributed by atoms with E-state index in [0.29, 0.717) is 39.5 Å². The largest absolute Gasteiger partial charge is 0.497 e. The zero-order valence-electron chi connectivity index (χ0n) is 22.6.